The third-order valence-electron chi connectivity index (χ3n) is 5.30. The highest BCUT2D eigenvalue weighted by Gasteiger charge is 2.28. The summed E-state index contributed by atoms with van der Waals surface area (Å²) >= 11 is 0. The van der Waals surface area contributed by atoms with E-state index < -0.39 is 0 Å². The molecule has 2 aliphatic rings. The molecule has 2 unspecified atom stereocenters. The van der Waals surface area contributed by atoms with Crippen LogP contribution in [0.3, 0.4) is 0 Å². The maximum Gasteiger partial charge on any atom is 0.252 e. The number of aromatic nitrogens is 1. The summed E-state index contributed by atoms with van der Waals surface area (Å²) in [5, 5.41) is 7.67. The predicted octanol–water partition coefficient (Wildman–Crippen LogP) is 3.29. The number of carbonyl (C=O) groups excluding carboxylic acids is 1. The fraction of sp³-hybridized carbons (Fsp3) is 0.500. The Balaban J connectivity index is 1.70. The normalized spacial score (nSPS) is 24.1. The van der Waals surface area contributed by atoms with Crippen molar-refractivity contribution in [1.29, 1.82) is 0 Å². The third kappa shape index (κ3) is 3.03. The smallest absolute Gasteiger partial charge is 0.252 e. The van der Waals surface area contributed by atoms with Crippen LogP contribution in [0.5, 0.6) is 0 Å². The first kappa shape index (κ1) is 15.6. The summed E-state index contributed by atoms with van der Waals surface area (Å²) in [6.07, 6.45) is 4.53. The topological polar surface area (TPSA) is 54.0 Å². The number of carbonyl (C=O) groups is 1. The van der Waals surface area contributed by atoms with Crippen LogP contribution in [0.25, 0.3) is 10.9 Å². The second-order valence-electron chi connectivity index (χ2n) is 7.35. The van der Waals surface area contributed by atoms with Gasteiger partial charge < -0.3 is 10.6 Å². The number of piperidine rings is 1. The van der Waals surface area contributed by atoms with Crippen molar-refractivity contribution in [3.63, 3.8) is 0 Å². The minimum atomic E-state index is 0.0375. The Hall–Kier alpha value is -1.94. The zero-order valence-electron chi connectivity index (χ0n) is 14.4. The molecule has 4 rings (SSSR count). The van der Waals surface area contributed by atoms with E-state index in [-0.39, 0.29) is 11.9 Å². The highest BCUT2D eigenvalue weighted by Crippen LogP contribution is 2.40. The van der Waals surface area contributed by atoms with Crippen LogP contribution in [0.2, 0.25) is 0 Å². The first-order valence-corrected chi connectivity index (χ1v) is 9.07. The van der Waals surface area contributed by atoms with Gasteiger partial charge in [-0.3, -0.25) is 9.78 Å². The molecule has 0 radical (unpaired) electrons. The van der Waals surface area contributed by atoms with Crippen LogP contribution in [0, 0.1) is 6.92 Å². The molecule has 1 saturated carbocycles. The highest BCUT2D eigenvalue weighted by atomic mass is 16.1. The maximum absolute atomic E-state index is 13.0. The van der Waals surface area contributed by atoms with Crippen molar-refractivity contribution < 1.29 is 4.79 Å². The Morgan fingerprint density at radius 3 is 2.83 bits per heavy atom. The average Bonchev–Trinajstić information content (AvgIpc) is 3.41. The fourth-order valence-electron chi connectivity index (χ4n) is 3.62. The molecule has 4 heteroatoms. The van der Waals surface area contributed by atoms with Crippen molar-refractivity contribution in [3.05, 3.63) is 41.1 Å². The second-order valence-corrected chi connectivity index (χ2v) is 7.35. The number of nitrogens with zero attached hydrogens (tertiary/aromatic N) is 1. The van der Waals surface area contributed by atoms with E-state index in [1.54, 1.807) is 0 Å². The van der Waals surface area contributed by atoms with Gasteiger partial charge in [0.1, 0.15) is 0 Å². The summed E-state index contributed by atoms with van der Waals surface area (Å²) in [4.78, 5) is 17.8. The van der Waals surface area contributed by atoms with Crippen molar-refractivity contribution in [3.8, 4) is 0 Å². The lowest BCUT2D eigenvalue weighted by molar-refractivity contribution is 0.0921. The molecule has 24 heavy (non-hydrogen) atoms. The molecule has 1 aliphatic heterocycles. The van der Waals surface area contributed by atoms with E-state index in [1.807, 2.05) is 12.1 Å². The van der Waals surface area contributed by atoms with Crippen LogP contribution < -0.4 is 10.6 Å². The Morgan fingerprint density at radius 2 is 2.08 bits per heavy atom. The molecule has 1 amide bonds. The zero-order chi connectivity index (χ0) is 16.7. The number of pyridine rings is 1. The molecule has 126 valence electrons. The van der Waals surface area contributed by atoms with Gasteiger partial charge in [-0.2, -0.15) is 0 Å². The van der Waals surface area contributed by atoms with Gasteiger partial charge in [0.15, 0.2) is 0 Å². The predicted molar refractivity (Wildman–Crippen MR) is 96.4 cm³/mol. The monoisotopic (exact) mass is 323 g/mol. The van der Waals surface area contributed by atoms with E-state index in [0.717, 1.165) is 47.1 Å². The van der Waals surface area contributed by atoms with Crippen molar-refractivity contribution in [2.45, 2.75) is 57.5 Å². The Labute approximate surface area is 143 Å². The van der Waals surface area contributed by atoms with Crippen LogP contribution in [0.15, 0.2) is 24.3 Å². The summed E-state index contributed by atoms with van der Waals surface area (Å²) in [5.41, 5.74) is 3.95. The molecule has 1 saturated heterocycles. The molecule has 1 aromatic heterocycles. The van der Waals surface area contributed by atoms with Gasteiger partial charge in [-0.05, 0) is 64.3 Å². The van der Waals surface area contributed by atoms with Crippen molar-refractivity contribution in [1.82, 2.24) is 15.6 Å². The molecule has 2 heterocycles. The van der Waals surface area contributed by atoms with Gasteiger partial charge in [-0.1, -0.05) is 11.6 Å². The van der Waals surface area contributed by atoms with E-state index in [1.165, 1.54) is 12.8 Å². The van der Waals surface area contributed by atoms with Crippen LogP contribution in [-0.4, -0.2) is 29.5 Å². The largest absolute Gasteiger partial charge is 0.348 e. The molecular weight excluding hydrogens is 298 g/mol. The van der Waals surface area contributed by atoms with E-state index >= 15 is 0 Å². The number of amides is 1. The van der Waals surface area contributed by atoms with Crippen LogP contribution >= 0.6 is 0 Å². The van der Waals surface area contributed by atoms with Gasteiger partial charge >= 0.3 is 0 Å². The fourth-order valence-corrected chi connectivity index (χ4v) is 3.62. The molecule has 2 N–H and O–H groups in total. The summed E-state index contributed by atoms with van der Waals surface area (Å²) in [7, 11) is 0. The molecule has 2 fully saturated rings. The molecule has 2 atom stereocenters. The standard InChI is InChI=1S/C20H25N3O/c1-12-5-8-18-15(10-12)16(11-19(22-18)14-6-7-14)20(24)23-17-4-3-9-21-13(17)2/h5,8,10-11,13-14,17,21H,3-4,6-7,9H2,1-2H3,(H,23,24). The lowest BCUT2D eigenvalue weighted by atomic mass is 9.98. The number of rotatable bonds is 3. The van der Waals surface area contributed by atoms with Gasteiger partial charge in [0.2, 0.25) is 0 Å². The lowest BCUT2D eigenvalue weighted by Crippen LogP contribution is -2.51. The maximum atomic E-state index is 13.0. The second kappa shape index (κ2) is 6.17. The van der Waals surface area contributed by atoms with Crippen LogP contribution in [0.1, 0.15) is 60.1 Å². The molecule has 1 aromatic carbocycles. The summed E-state index contributed by atoms with van der Waals surface area (Å²) in [6, 6.07) is 8.73. The third-order valence-corrected chi connectivity index (χ3v) is 5.30. The Bertz CT molecular complexity index is 782. The SMILES string of the molecule is Cc1ccc2nc(C3CC3)cc(C(=O)NC3CCCNC3C)c2c1. The molecule has 4 nitrogen and oxygen atoms in total. The van der Waals surface area contributed by atoms with Crippen LogP contribution in [-0.2, 0) is 0 Å². The quantitative estimate of drug-likeness (QED) is 0.911. The van der Waals surface area contributed by atoms with E-state index in [4.69, 9.17) is 4.98 Å². The summed E-state index contributed by atoms with van der Waals surface area (Å²) in [6.45, 7) is 5.24. The Morgan fingerprint density at radius 1 is 1.25 bits per heavy atom. The lowest BCUT2D eigenvalue weighted by Gasteiger charge is -2.30. The average molecular weight is 323 g/mol. The van der Waals surface area contributed by atoms with Gasteiger partial charge in [0.25, 0.3) is 5.91 Å². The number of benzene rings is 1. The van der Waals surface area contributed by atoms with Gasteiger partial charge in [0.05, 0.1) is 11.1 Å². The molecule has 0 spiro atoms. The van der Waals surface area contributed by atoms with Gasteiger partial charge in [-0.15, -0.1) is 0 Å². The minimum absolute atomic E-state index is 0.0375. The van der Waals surface area contributed by atoms with Crippen molar-refractivity contribution in [2.75, 3.05) is 6.54 Å². The number of hydrogen-bond donors (Lipinski definition) is 2. The first-order chi connectivity index (χ1) is 11.6. The summed E-state index contributed by atoms with van der Waals surface area (Å²) in [5.74, 6) is 0.577. The molecule has 0 bridgehead atoms. The summed E-state index contributed by atoms with van der Waals surface area (Å²) < 4.78 is 0. The number of hydrogen-bond acceptors (Lipinski definition) is 3. The van der Waals surface area contributed by atoms with E-state index in [2.05, 4.69) is 36.6 Å². The number of aryl methyl sites for hydroxylation is 1. The van der Waals surface area contributed by atoms with Gasteiger partial charge in [0, 0.05) is 29.1 Å². The van der Waals surface area contributed by atoms with Crippen LogP contribution in [0.4, 0.5) is 0 Å². The van der Waals surface area contributed by atoms with E-state index in [0.29, 0.717) is 12.0 Å². The van der Waals surface area contributed by atoms with Crippen molar-refractivity contribution >= 4 is 16.8 Å². The minimum Gasteiger partial charge on any atom is -0.348 e. The Kier molecular flexibility index (Phi) is 4.01. The number of nitrogens with one attached hydrogen (secondary N) is 2. The van der Waals surface area contributed by atoms with E-state index in [9.17, 15) is 4.79 Å². The zero-order valence-corrected chi connectivity index (χ0v) is 14.4. The van der Waals surface area contributed by atoms with Crippen molar-refractivity contribution in [2.24, 2.45) is 0 Å². The number of fused-ring (bicyclic) bond motifs is 1. The molecular formula is C20H25N3O. The first-order valence-electron chi connectivity index (χ1n) is 9.07. The molecule has 1 aliphatic carbocycles. The molecule has 2 aromatic rings. The highest BCUT2D eigenvalue weighted by molar-refractivity contribution is 6.06. The van der Waals surface area contributed by atoms with Gasteiger partial charge in [-0.25, -0.2) is 0 Å².